The van der Waals surface area contributed by atoms with Gasteiger partial charge in [-0.05, 0) is 36.3 Å². The highest BCUT2D eigenvalue weighted by Gasteiger charge is 2.29. The fraction of sp³-hybridized carbons (Fsp3) is 0.375. The van der Waals surface area contributed by atoms with E-state index in [0.29, 0.717) is 0 Å². The predicted molar refractivity (Wildman–Crippen MR) is 122 cm³/mol. The normalized spacial score (nSPS) is 13.2. The second-order valence-corrected chi connectivity index (χ2v) is 8.03. The van der Waals surface area contributed by atoms with Crippen LogP contribution in [0.25, 0.3) is 11.1 Å². The molecule has 0 radical (unpaired) electrons. The molecule has 1 aliphatic carbocycles. The highest BCUT2D eigenvalue weighted by atomic mass is 16.5. The summed E-state index contributed by atoms with van der Waals surface area (Å²) in [5.41, 5.74) is 4.58. The molecular formula is C24H29N3O6. The molecule has 2 aromatic rings. The Bertz CT molecular complexity index is 948. The van der Waals surface area contributed by atoms with Crippen molar-refractivity contribution in [1.82, 2.24) is 15.5 Å². The number of fused-ring (bicyclic) bond motifs is 3. The number of carboxylic acid groups (broad SMARTS) is 1. The molecule has 0 aromatic heterocycles. The maximum atomic E-state index is 12.1. The Morgan fingerprint density at radius 2 is 1.64 bits per heavy atom. The molecule has 3 N–H and O–H groups in total. The first-order valence-corrected chi connectivity index (χ1v) is 10.7. The summed E-state index contributed by atoms with van der Waals surface area (Å²) in [7, 11) is 3.43. The number of ether oxygens (including phenoxy) is 2. The fourth-order valence-corrected chi connectivity index (χ4v) is 3.83. The van der Waals surface area contributed by atoms with Crippen LogP contribution >= 0.6 is 0 Å². The number of nitrogens with zero attached hydrogens (tertiary/aromatic N) is 1. The number of alkyl carbamates (subject to hydrolysis) is 1. The topological polar surface area (TPSA) is 117 Å². The number of benzene rings is 2. The van der Waals surface area contributed by atoms with Gasteiger partial charge in [0, 0.05) is 19.0 Å². The second-order valence-electron chi connectivity index (χ2n) is 8.03. The van der Waals surface area contributed by atoms with Crippen LogP contribution in [0.1, 0.15) is 17.0 Å². The van der Waals surface area contributed by atoms with Gasteiger partial charge in [0.2, 0.25) is 5.91 Å². The molecule has 2 amide bonds. The molecule has 0 fully saturated rings. The molecule has 2 aromatic carbocycles. The van der Waals surface area contributed by atoms with Crippen molar-refractivity contribution >= 4 is 18.0 Å². The van der Waals surface area contributed by atoms with Crippen LogP contribution < -0.4 is 10.6 Å². The Labute approximate surface area is 192 Å². The van der Waals surface area contributed by atoms with Crippen molar-refractivity contribution in [3.8, 4) is 11.1 Å². The van der Waals surface area contributed by atoms with Gasteiger partial charge in [0.25, 0.3) is 0 Å². The zero-order valence-corrected chi connectivity index (χ0v) is 18.7. The summed E-state index contributed by atoms with van der Waals surface area (Å²) < 4.78 is 10.6. The number of hydrogen-bond donors (Lipinski definition) is 3. The van der Waals surface area contributed by atoms with Crippen LogP contribution in [0.15, 0.2) is 48.5 Å². The summed E-state index contributed by atoms with van der Waals surface area (Å²) in [5, 5.41) is 14.1. The first-order chi connectivity index (χ1) is 15.9. The van der Waals surface area contributed by atoms with E-state index in [9.17, 15) is 14.4 Å². The monoisotopic (exact) mass is 455 g/mol. The lowest BCUT2D eigenvalue weighted by Crippen LogP contribution is -2.48. The lowest BCUT2D eigenvalue weighted by molar-refractivity contribution is -0.143. The van der Waals surface area contributed by atoms with Crippen molar-refractivity contribution in [2.75, 3.05) is 47.0 Å². The molecule has 0 bridgehead atoms. The largest absolute Gasteiger partial charge is 0.480 e. The third-order valence-corrected chi connectivity index (χ3v) is 5.27. The van der Waals surface area contributed by atoms with Crippen LogP contribution in [0, 0.1) is 0 Å². The van der Waals surface area contributed by atoms with E-state index in [-0.39, 0.29) is 38.8 Å². The lowest BCUT2D eigenvalue weighted by Gasteiger charge is -2.18. The third-order valence-electron chi connectivity index (χ3n) is 5.27. The van der Waals surface area contributed by atoms with Crippen molar-refractivity contribution in [3.63, 3.8) is 0 Å². The van der Waals surface area contributed by atoms with E-state index in [1.807, 2.05) is 36.4 Å². The Balaban J connectivity index is 1.37. The first-order valence-electron chi connectivity index (χ1n) is 10.7. The first kappa shape index (κ1) is 24.2. The molecule has 0 aliphatic heterocycles. The van der Waals surface area contributed by atoms with Crippen molar-refractivity contribution < 1.29 is 29.0 Å². The third kappa shape index (κ3) is 6.53. The van der Waals surface area contributed by atoms with E-state index >= 15 is 0 Å². The Morgan fingerprint density at radius 1 is 1.03 bits per heavy atom. The molecule has 0 heterocycles. The maximum absolute atomic E-state index is 12.1. The Hall–Kier alpha value is -3.43. The number of carbonyl (C=O) groups excluding carboxylic acids is 2. The zero-order valence-electron chi connectivity index (χ0n) is 18.7. The highest BCUT2D eigenvalue weighted by molar-refractivity contribution is 5.84. The second kappa shape index (κ2) is 11.4. The van der Waals surface area contributed by atoms with Gasteiger partial charge in [-0.2, -0.15) is 0 Å². The number of aliphatic carboxylic acids is 1. The summed E-state index contributed by atoms with van der Waals surface area (Å²) in [4.78, 5) is 36.8. The fourth-order valence-electron chi connectivity index (χ4n) is 3.83. The Morgan fingerprint density at radius 3 is 2.21 bits per heavy atom. The van der Waals surface area contributed by atoms with Gasteiger partial charge in [-0.1, -0.05) is 48.5 Å². The SMILES string of the molecule is CN(C)CC(NC(=O)COCCNC(=O)OCC1c2ccccc2-c2ccccc21)C(=O)O. The van der Waals surface area contributed by atoms with Gasteiger partial charge in [-0.15, -0.1) is 0 Å². The molecule has 1 unspecified atom stereocenters. The van der Waals surface area contributed by atoms with E-state index in [1.165, 1.54) is 0 Å². The smallest absolute Gasteiger partial charge is 0.407 e. The molecule has 1 atom stereocenters. The van der Waals surface area contributed by atoms with Crippen molar-refractivity contribution in [1.29, 1.82) is 0 Å². The number of hydrogen-bond acceptors (Lipinski definition) is 6. The van der Waals surface area contributed by atoms with Gasteiger partial charge in [0.15, 0.2) is 0 Å². The van der Waals surface area contributed by atoms with Crippen molar-refractivity contribution in [3.05, 3.63) is 59.7 Å². The molecule has 0 saturated heterocycles. The van der Waals surface area contributed by atoms with Gasteiger partial charge < -0.3 is 30.1 Å². The van der Waals surface area contributed by atoms with Gasteiger partial charge in [0.05, 0.1) is 6.61 Å². The van der Waals surface area contributed by atoms with Crippen molar-refractivity contribution in [2.24, 2.45) is 0 Å². The average Bonchev–Trinajstić information content (AvgIpc) is 3.10. The lowest BCUT2D eigenvalue weighted by atomic mass is 9.98. The number of rotatable bonds is 11. The van der Waals surface area contributed by atoms with Crippen LogP contribution in [0.4, 0.5) is 4.79 Å². The molecule has 0 saturated carbocycles. The zero-order chi connectivity index (χ0) is 23.8. The van der Waals surface area contributed by atoms with Crippen LogP contribution in [0.5, 0.6) is 0 Å². The Kier molecular flexibility index (Phi) is 8.39. The van der Waals surface area contributed by atoms with Gasteiger partial charge in [-0.25, -0.2) is 9.59 Å². The number of carbonyl (C=O) groups is 3. The van der Waals surface area contributed by atoms with Crippen molar-refractivity contribution in [2.45, 2.75) is 12.0 Å². The number of nitrogens with one attached hydrogen (secondary N) is 2. The maximum Gasteiger partial charge on any atom is 0.407 e. The number of carboxylic acids is 1. The minimum Gasteiger partial charge on any atom is -0.480 e. The number of likely N-dealkylation sites (N-methyl/N-ethyl adjacent to an activating group) is 1. The molecule has 0 spiro atoms. The summed E-state index contributed by atoms with van der Waals surface area (Å²) in [6.07, 6.45) is -0.568. The summed E-state index contributed by atoms with van der Waals surface area (Å²) in [6, 6.07) is 15.2. The molecular weight excluding hydrogens is 426 g/mol. The molecule has 1 aliphatic rings. The average molecular weight is 456 g/mol. The summed E-state index contributed by atoms with van der Waals surface area (Å²) in [5.74, 6) is -1.67. The van der Waals surface area contributed by atoms with Gasteiger partial charge >= 0.3 is 12.1 Å². The minimum absolute atomic E-state index is 0.0209. The molecule has 9 nitrogen and oxygen atoms in total. The van der Waals surface area contributed by atoms with E-state index < -0.39 is 24.0 Å². The van der Waals surface area contributed by atoms with Crippen LogP contribution in [0.2, 0.25) is 0 Å². The van der Waals surface area contributed by atoms with Crippen LogP contribution in [-0.4, -0.2) is 81.0 Å². The standard InChI is InChI=1S/C24H29N3O6/c1-27(2)13-21(23(29)30)26-22(28)15-32-12-11-25-24(31)33-14-20-18-9-5-3-7-16(18)17-8-4-6-10-19(17)20/h3-10,20-21H,11-15H2,1-2H3,(H,25,31)(H,26,28)(H,29,30). The van der Waals surface area contributed by atoms with E-state index in [2.05, 4.69) is 22.8 Å². The minimum atomic E-state index is -1.12. The van der Waals surface area contributed by atoms with Gasteiger partial charge in [0.1, 0.15) is 19.3 Å². The molecule has 3 rings (SSSR count). The van der Waals surface area contributed by atoms with E-state index in [4.69, 9.17) is 14.6 Å². The van der Waals surface area contributed by atoms with Crippen LogP contribution in [0.3, 0.4) is 0 Å². The van der Waals surface area contributed by atoms with E-state index in [1.54, 1.807) is 19.0 Å². The molecule has 9 heteroatoms. The predicted octanol–water partition coefficient (Wildman–Crippen LogP) is 1.67. The summed E-state index contributed by atoms with van der Waals surface area (Å²) >= 11 is 0. The van der Waals surface area contributed by atoms with Gasteiger partial charge in [-0.3, -0.25) is 4.79 Å². The highest BCUT2D eigenvalue weighted by Crippen LogP contribution is 2.44. The molecule has 33 heavy (non-hydrogen) atoms. The number of amides is 2. The summed E-state index contributed by atoms with van der Waals surface area (Å²) in [6.45, 7) is 0.326. The molecule has 176 valence electrons. The van der Waals surface area contributed by atoms with E-state index in [0.717, 1.165) is 22.3 Å². The quantitative estimate of drug-likeness (QED) is 0.441. The van der Waals surface area contributed by atoms with Crippen LogP contribution in [-0.2, 0) is 19.1 Å².